The van der Waals surface area contributed by atoms with E-state index in [4.69, 9.17) is 23.7 Å². The van der Waals surface area contributed by atoms with E-state index in [0.29, 0.717) is 51.1 Å². The predicted molar refractivity (Wildman–Crippen MR) is 190 cm³/mol. The van der Waals surface area contributed by atoms with Gasteiger partial charge in [-0.1, -0.05) is 35.4 Å². The third-order valence-corrected chi connectivity index (χ3v) is 13.2. The molecule has 0 saturated heterocycles. The monoisotopic (exact) mass is 750 g/mol. The Hall–Kier alpha value is -2.86. The van der Waals surface area contributed by atoms with Gasteiger partial charge in [0.15, 0.2) is 0 Å². The molecule has 0 radical (unpaired) electrons. The van der Waals surface area contributed by atoms with Crippen LogP contribution in [0.25, 0.3) is 0 Å². The van der Waals surface area contributed by atoms with Gasteiger partial charge in [0.05, 0.1) is 72.3 Å². The molecule has 0 atom stereocenters. The minimum absolute atomic E-state index is 0.0459. The van der Waals surface area contributed by atoms with Gasteiger partial charge < -0.3 is 23.7 Å². The molecular weight excluding hydrogens is 709 g/mol. The molecule has 2 aromatic carbocycles. The Bertz CT molecular complexity index is 1690. The molecule has 0 fully saturated rings. The fraction of sp³-hybridized carbons (Fsp3) is 0.412. The summed E-state index contributed by atoms with van der Waals surface area (Å²) in [4.78, 5) is 1.85. The quantitative estimate of drug-likeness (QED) is 0.273. The first kappa shape index (κ1) is 37.4. The number of sulfonamides is 2. The lowest BCUT2D eigenvalue weighted by Crippen LogP contribution is -2.35. The normalized spacial score (nSPS) is 17.7. The second-order valence-corrected chi connectivity index (χ2v) is 17.1. The highest BCUT2D eigenvalue weighted by Gasteiger charge is 2.28. The number of hydrogen-bond acceptors (Lipinski definition) is 11. The number of aryl methyl sites for hydroxylation is 2. The molecule has 0 spiro atoms. The Balaban J connectivity index is 1.37. The van der Waals surface area contributed by atoms with Crippen molar-refractivity contribution in [2.45, 2.75) is 36.7 Å². The van der Waals surface area contributed by atoms with Gasteiger partial charge in [0.25, 0.3) is 0 Å². The Kier molecular flexibility index (Phi) is 13.6. The van der Waals surface area contributed by atoms with Crippen LogP contribution in [0.3, 0.4) is 0 Å². The zero-order chi connectivity index (χ0) is 34.7. The molecule has 49 heavy (non-hydrogen) atoms. The number of nitrogens with zero attached hydrogens (tertiary/aromatic N) is 2. The van der Waals surface area contributed by atoms with Crippen LogP contribution >= 0.6 is 22.7 Å². The van der Waals surface area contributed by atoms with E-state index in [1.54, 1.807) is 48.5 Å². The van der Waals surface area contributed by atoms with Crippen molar-refractivity contribution in [2.24, 2.45) is 0 Å². The molecule has 2 aromatic heterocycles. The second kappa shape index (κ2) is 17.9. The number of ether oxygens (including phenoxy) is 5. The molecule has 4 aromatic rings. The summed E-state index contributed by atoms with van der Waals surface area (Å²) in [6.45, 7) is 6.17. The predicted octanol–water partition coefficient (Wildman–Crippen LogP) is 5.33. The smallest absolute Gasteiger partial charge is 0.243 e. The van der Waals surface area contributed by atoms with Crippen LogP contribution < -0.4 is 9.47 Å². The van der Waals surface area contributed by atoms with Gasteiger partial charge in [-0.25, -0.2) is 16.8 Å². The number of thiophene rings is 2. The fourth-order valence-electron chi connectivity index (χ4n) is 4.93. The summed E-state index contributed by atoms with van der Waals surface area (Å²) in [5.74, 6) is 1.18. The highest BCUT2D eigenvalue weighted by atomic mass is 32.2. The van der Waals surface area contributed by atoms with Gasteiger partial charge in [0.2, 0.25) is 20.0 Å². The SMILES string of the molecule is Cc1ccc(S(=O)(=O)N2CCOCCN(S(=O)(=O)c3ccc(C)cc3)Cc3sccc3OCCOCCOCCOc3ccsc3C2)cc1. The molecule has 5 rings (SSSR count). The van der Waals surface area contributed by atoms with Crippen molar-refractivity contribution in [3.8, 4) is 11.5 Å². The Morgan fingerprint density at radius 3 is 1.29 bits per heavy atom. The van der Waals surface area contributed by atoms with Crippen LogP contribution in [0.5, 0.6) is 11.5 Å². The van der Waals surface area contributed by atoms with E-state index in [0.717, 1.165) is 20.9 Å². The van der Waals surface area contributed by atoms with Gasteiger partial charge in [-0.05, 0) is 61.0 Å². The molecule has 0 unspecified atom stereocenters. The number of benzene rings is 2. The van der Waals surface area contributed by atoms with Crippen LogP contribution in [0, 0.1) is 13.8 Å². The first-order valence-corrected chi connectivity index (χ1v) is 20.5. The average Bonchev–Trinajstić information content (AvgIpc) is 3.73. The first-order valence-electron chi connectivity index (χ1n) is 15.9. The largest absolute Gasteiger partial charge is 0.490 e. The van der Waals surface area contributed by atoms with Crippen LogP contribution in [-0.4, -0.2) is 91.4 Å². The molecule has 15 heteroatoms. The van der Waals surface area contributed by atoms with E-state index in [1.165, 1.54) is 31.3 Å². The van der Waals surface area contributed by atoms with Crippen molar-refractivity contribution in [3.05, 3.63) is 92.3 Å². The maximum atomic E-state index is 13.9. The lowest BCUT2D eigenvalue weighted by molar-refractivity contribution is 0.0272. The van der Waals surface area contributed by atoms with Crippen LogP contribution in [0.15, 0.2) is 81.2 Å². The fourth-order valence-corrected chi connectivity index (χ4v) is 9.54. The van der Waals surface area contributed by atoms with Gasteiger partial charge in [0.1, 0.15) is 24.7 Å². The maximum absolute atomic E-state index is 13.9. The summed E-state index contributed by atoms with van der Waals surface area (Å²) < 4.78 is 87.4. The first-order chi connectivity index (χ1) is 23.6. The van der Waals surface area contributed by atoms with Gasteiger partial charge in [0, 0.05) is 13.1 Å². The van der Waals surface area contributed by atoms with Gasteiger partial charge in [-0.15, -0.1) is 22.7 Å². The number of rotatable bonds is 4. The molecule has 3 heterocycles. The summed E-state index contributed by atoms with van der Waals surface area (Å²) in [5.41, 5.74) is 1.90. The zero-order valence-electron chi connectivity index (χ0n) is 27.6. The number of hydrogen-bond donors (Lipinski definition) is 0. The van der Waals surface area contributed by atoms with Crippen LogP contribution in [0.4, 0.5) is 0 Å². The van der Waals surface area contributed by atoms with Crippen molar-refractivity contribution in [2.75, 3.05) is 65.9 Å². The number of fused-ring (bicyclic) bond motifs is 2. The van der Waals surface area contributed by atoms with E-state index >= 15 is 0 Å². The highest BCUT2D eigenvalue weighted by molar-refractivity contribution is 7.89. The summed E-state index contributed by atoms with van der Waals surface area (Å²) in [5, 5.41) is 3.72. The molecule has 0 N–H and O–H groups in total. The van der Waals surface area contributed by atoms with Crippen molar-refractivity contribution < 1.29 is 40.5 Å². The van der Waals surface area contributed by atoms with Gasteiger partial charge in [-0.2, -0.15) is 8.61 Å². The molecular formula is C34H42N2O9S4. The highest BCUT2D eigenvalue weighted by Crippen LogP contribution is 2.30. The zero-order valence-corrected chi connectivity index (χ0v) is 30.9. The minimum Gasteiger partial charge on any atom is -0.490 e. The molecule has 0 amide bonds. The summed E-state index contributed by atoms with van der Waals surface area (Å²) >= 11 is 2.82. The lowest BCUT2D eigenvalue weighted by Gasteiger charge is -2.24. The van der Waals surface area contributed by atoms with E-state index < -0.39 is 20.0 Å². The van der Waals surface area contributed by atoms with Crippen molar-refractivity contribution in [3.63, 3.8) is 0 Å². The van der Waals surface area contributed by atoms with E-state index in [-0.39, 0.29) is 49.2 Å². The molecule has 0 aliphatic carbocycles. The Morgan fingerprint density at radius 1 is 0.510 bits per heavy atom. The molecule has 0 bridgehead atoms. The summed E-state index contributed by atoms with van der Waals surface area (Å²) in [7, 11) is -7.80. The minimum atomic E-state index is -3.90. The van der Waals surface area contributed by atoms with E-state index in [9.17, 15) is 16.8 Å². The summed E-state index contributed by atoms with van der Waals surface area (Å²) in [6.07, 6.45) is 0. The third-order valence-electron chi connectivity index (χ3n) is 7.68. The Morgan fingerprint density at radius 2 is 0.878 bits per heavy atom. The standard InChI is InChI=1S/C34H42N2O9S4/c1-27-3-7-29(8-4-27)48(37,38)35-13-15-41-16-14-36(49(39,40)30-9-5-28(2)6-10-30)26-34-32(12-24-47-34)45-22-20-43-18-17-42-19-21-44-31-11-23-46-33(31)25-35/h3-12,23-24H,13-22,25-26H2,1-2H3. The van der Waals surface area contributed by atoms with E-state index in [2.05, 4.69) is 0 Å². The van der Waals surface area contributed by atoms with Crippen LogP contribution in [0.2, 0.25) is 0 Å². The van der Waals surface area contributed by atoms with Crippen LogP contribution in [-0.2, 0) is 47.3 Å². The lowest BCUT2D eigenvalue weighted by atomic mass is 10.2. The molecule has 11 nitrogen and oxygen atoms in total. The van der Waals surface area contributed by atoms with Crippen molar-refractivity contribution in [1.82, 2.24) is 8.61 Å². The van der Waals surface area contributed by atoms with Gasteiger partial charge in [-0.3, -0.25) is 0 Å². The Labute approximate surface area is 297 Å². The van der Waals surface area contributed by atoms with Crippen molar-refractivity contribution >= 4 is 42.7 Å². The average molecular weight is 751 g/mol. The van der Waals surface area contributed by atoms with Gasteiger partial charge >= 0.3 is 0 Å². The van der Waals surface area contributed by atoms with Crippen molar-refractivity contribution in [1.29, 1.82) is 0 Å². The summed E-state index contributed by atoms with van der Waals surface area (Å²) in [6, 6.07) is 17.1. The van der Waals surface area contributed by atoms with Crippen LogP contribution in [0.1, 0.15) is 20.9 Å². The third kappa shape index (κ3) is 10.3. The second-order valence-electron chi connectivity index (χ2n) is 11.3. The maximum Gasteiger partial charge on any atom is 0.243 e. The molecule has 1 aliphatic rings. The molecule has 266 valence electrons. The molecule has 1 aliphatic heterocycles. The molecule has 0 saturated carbocycles. The topological polar surface area (TPSA) is 121 Å². The van der Waals surface area contributed by atoms with E-state index in [1.807, 2.05) is 36.7 Å².